The van der Waals surface area contributed by atoms with Gasteiger partial charge in [0.2, 0.25) is 0 Å². The summed E-state index contributed by atoms with van der Waals surface area (Å²) in [6.45, 7) is 8.68. The second kappa shape index (κ2) is 8.74. The predicted octanol–water partition coefficient (Wildman–Crippen LogP) is 2.87. The minimum atomic E-state index is -0.342. The van der Waals surface area contributed by atoms with Crippen LogP contribution in [-0.2, 0) is 19.2 Å². The maximum Gasteiger partial charge on any atom is 0.368 e. The van der Waals surface area contributed by atoms with Crippen LogP contribution in [0.5, 0.6) is 11.5 Å². The van der Waals surface area contributed by atoms with Gasteiger partial charge in [0, 0.05) is 12.7 Å². The van der Waals surface area contributed by atoms with Crippen molar-refractivity contribution in [1.29, 1.82) is 0 Å². The van der Waals surface area contributed by atoms with Crippen LogP contribution < -0.4 is 26.0 Å². The summed E-state index contributed by atoms with van der Waals surface area (Å²) in [5, 5.41) is 7.78. The molecule has 1 unspecified atom stereocenters. The highest BCUT2D eigenvalue weighted by Gasteiger charge is 2.36. The lowest BCUT2D eigenvalue weighted by Gasteiger charge is -2.28. The first-order valence-corrected chi connectivity index (χ1v) is 10.9. The monoisotopic (exact) mass is 450 g/mol. The molecule has 0 fully saturated rings. The molecule has 0 aliphatic carbocycles. The predicted molar refractivity (Wildman–Crippen MR) is 125 cm³/mol. The normalized spacial score (nSPS) is 17.9. The van der Waals surface area contributed by atoms with E-state index in [-0.39, 0.29) is 17.8 Å². The van der Waals surface area contributed by atoms with Gasteiger partial charge in [-0.15, -0.1) is 0 Å². The van der Waals surface area contributed by atoms with Gasteiger partial charge in [-0.3, -0.25) is 0 Å². The van der Waals surface area contributed by atoms with Crippen LogP contribution in [-0.4, -0.2) is 26.9 Å². The van der Waals surface area contributed by atoms with E-state index in [0.717, 1.165) is 23.3 Å². The highest BCUT2D eigenvalue weighted by Crippen LogP contribution is 2.37. The molecule has 4 rings (SSSR count). The zero-order valence-corrected chi connectivity index (χ0v) is 19.9. The lowest BCUT2D eigenvalue weighted by Crippen LogP contribution is -2.41. The fourth-order valence-corrected chi connectivity index (χ4v) is 4.44. The molecule has 0 saturated carbocycles. The summed E-state index contributed by atoms with van der Waals surface area (Å²) in [7, 11) is 3.15. The van der Waals surface area contributed by atoms with Crippen LogP contribution in [0.3, 0.4) is 0 Å². The molecule has 2 N–H and O–H groups in total. The molecule has 3 aromatic rings. The quantitative estimate of drug-likeness (QED) is 0.571. The largest absolute Gasteiger partial charge is 0.496 e. The van der Waals surface area contributed by atoms with Crippen molar-refractivity contribution in [3.05, 3.63) is 74.8 Å². The number of nitrogens with one attached hydrogen (secondary N) is 2. The van der Waals surface area contributed by atoms with Crippen LogP contribution in [0.1, 0.15) is 43.9 Å². The molecule has 2 heterocycles. The molecule has 0 radical (unpaired) electrons. The third-order valence-electron chi connectivity index (χ3n) is 6.31. The average Bonchev–Trinajstić information content (AvgIpc) is 3.30. The Bertz CT molecular complexity index is 1280. The van der Waals surface area contributed by atoms with Crippen molar-refractivity contribution < 1.29 is 9.47 Å². The molecule has 2 aromatic carbocycles. The number of hydrazine groups is 1. The van der Waals surface area contributed by atoms with Crippen LogP contribution in [0.4, 0.5) is 0 Å². The third-order valence-corrected chi connectivity index (χ3v) is 6.31. The Balaban J connectivity index is 1.63. The van der Waals surface area contributed by atoms with Crippen LogP contribution in [0.2, 0.25) is 0 Å². The smallest absolute Gasteiger partial charge is 0.368 e. The number of benzene rings is 2. The number of tetrazole rings is 1. The standard InChI is InChI=1S/C24H30N6O3/c1-7-19-16(3)25-26-24(19,4)17-11-12-21(15(2)13-17)33-14-18-20(9-8-10-22(18)32-6)30-23(31)29(5)27-28-30/h8-13,25-26H,7,14H2,1-6H3. The first kappa shape index (κ1) is 22.6. The molecule has 9 nitrogen and oxygen atoms in total. The highest BCUT2D eigenvalue weighted by molar-refractivity contribution is 5.50. The van der Waals surface area contributed by atoms with Gasteiger partial charge in [0.15, 0.2) is 0 Å². The van der Waals surface area contributed by atoms with Crippen molar-refractivity contribution >= 4 is 0 Å². The molecule has 0 spiro atoms. The molecule has 0 saturated heterocycles. The lowest BCUT2D eigenvalue weighted by molar-refractivity contribution is 0.293. The summed E-state index contributed by atoms with van der Waals surface area (Å²) in [5.41, 5.74) is 12.1. The summed E-state index contributed by atoms with van der Waals surface area (Å²) in [6, 6.07) is 11.7. The van der Waals surface area contributed by atoms with Crippen LogP contribution in [0.25, 0.3) is 5.69 Å². The number of hydrogen-bond acceptors (Lipinski definition) is 7. The molecule has 0 amide bonds. The Kier molecular flexibility index (Phi) is 5.99. The van der Waals surface area contributed by atoms with Crippen LogP contribution in [0.15, 0.2) is 52.5 Å². The minimum absolute atomic E-state index is 0.207. The molecule has 1 aliphatic rings. The summed E-state index contributed by atoms with van der Waals surface area (Å²) in [5.74, 6) is 1.37. The molecule has 9 heteroatoms. The van der Waals surface area contributed by atoms with E-state index in [1.807, 2.05) is 25.1 Å². The number of ether oxygens (including phenoxy) is 2. The maximum atomic E-state index is 12.4. The summed E-state index contributed by atoms with van der Waals surface area (Å²) in [4.78, 5) is 12.4. The minimum Gasteiger partial charge on any atom is -0.496 e. The highest BCUT2D eigenvalue weighted by atomic mass is 16.5. The number of aromatic nitrogens is 4. The van der Waals surface area contributed by atoms with E-state index < -0.39 is 0 Å². The molecular weight excluding hydrogens is 420 g/mol. The SMILES string of the molecule is CCC1=C(C)NNC1(C)c1ccc(OCc2c(OC)cccc2-n2nnn(C)c2=O)c(C)c1. The van der Waals surface area contributed by atoms with Gasteiger partial charge in [-0.25, -0.2) is 10.2 Å². The summed E-state index contributed by atoms with van der Waals surface area (Å²) < 4.78 is 14.2. The van der Waals surface area contributed by atoms with Gasteiger partial charge in [-0.2, -0.15) is 9.36 Å². The van der Waals surface area contributed by atoms with E-state index in [1.165, 1.54) is 20.6 Å². The average molecular weight is 451 g/mol. The summed E-state index contributed by atoms with van der Waals surface area (Å²) >= 11 is 0. The number of nitrogens with zero attached hydrogens (tertiary/aromatic N) is 4. The Morgan fingerprint density at radius 1 is 1.12 bits per heavy atom. The molecule has 1 aromatic heterocycles. The van der Waals surface area contributed by atoms with Gasteiger partial charge in [0.05, 0.1) is 23.9 Å². The van der Waals surface area contributed by atoms with Crippen molar-refractivity contribution in [2.75, 3.05) is 7.11 Å². The Hall–Kier alpha value is -3.59. The van der Waals surface area contributed by atoms with Crippen LogP contribution in [0, 0.1) is 6.92 Å². The molecule has 1 atom stereocenters. The fourth-order valence-electron chi connectivity index (χ4n) is 4.44. The maximum absolute atomic E-state index is 12.4. The van der Waals surface area contributed by atoms with E-state index in [1.54, 1.807) is 20.2 Å². The summed E-state index contributed by atoms with van der Waals surface area (Å²) in [6.07, 6.45) is 0.956. The Morgan fingerprint density at radius 2 is 1.91 bits per heavy atom. The number of allylic oxidation sites excluding steroid dienone is 1. The van der Waals surface area contributed by atoms with Gasteiger partial charge in [0.25, 0.3) is 0 Å². The molecule has 33 heavy (non-hydrogen) atoms. The van der Waals surface area contributed by atoms with E-state index in [4.69, 9.17) is 9.47 Å². The van der Waals surface area contributed by atoms with Gasteiger partial charge in [-0.1, -0.05) is 25.1 Å². The second-order valence-corrected chi connectivity index (χ2v) is 8.36. The number of hydrogen-bond donors (Lipinski definition) is 2. The number of rotatable bonds is 7. The van der Waals surface area contributed by atoms with Crippen LogP contribution >= 0.6 is 0 Å². The van der Waals surface area contributed by atoms with Gasteiger partial charge in [-0.05, 0) is 72.5 Å². The van der Waals surface area contributed by atoms with E-state index in [2.05, 4.69) is 54.2 Å². The van der Waals surface area contributed by atoms with Crippen molar-refractivity contribution in [1.82, 2.24) is 30.6 Å². The molecular formula is C24H30N6O3. The zero-order chi connectivity index (χ0) is 23.8. The van der Waals surface area contributed by atoms with E-state index in [9.17, 15) is 4.79 Å². The fraction of sp³-hybridized carbons (Fsp3) is 0.375. The van der Waals surface area contributed by atoms with E-state index in [0.29, 0.717) is 17.0 Å². The van der Waals surface area contributed by atoms with Gasteiger partial charge >= 0.3 is 5.69 Å². The molecule has 1 aliphatic heterocycles. The Morgan fingerprint density at radius 3 is 2.55 bits per heavy atom. The van der Waals surface area contributed by atoms with E-state index >= 15 is 0 Å². The number of aryl methyl sites for hydroxylation is 2. The first-order valence-electron chi connectivity index (χ1n) is 10.9. The topological polar surface area (TPSA) is 95.2 Å². The van der Waals surface area contributed by atoms with Gasteiger partial charge in [0.1, 0.15) is 18.1 Å². The first-order chi connectivity index (χ1) is 15.8. The van der Waals surface area contributed by atoms with Gasteiger partial charge < -0.3 is 14.9 Å². The lowest BCUT2D eigenvalue weighted by atomic mass is 9.83. The zero-order valence-electron chi connectivity index (χ0n) is 19.9. The van der Waals surface area contributed by atoms with Crippen molar-refractivity contribution in [3.63, 3.8) is 0 Å². The third kappa shape index (κ3) is 3.89. The second-order valence-electron chi connectivity index (χ2n) is 8.36. The van der Waals surface area contributed by atoms with Crippen molar-refractivity contribution in [2.45, 2.75) is 46.3 Å². The Labute approximate surface area is 193 Å². The molecule has 0 bridgehead atoms. The number of methoxy groups -OCH3 is 1. The van der Waals surface area contributed by atoms with Crippen molar-refractivity contribution in [2.24, 2.45) is 7.05 Å². The van der Waals surface area contributed by atoms with Crippen molar-refractivity contribution in [3.8, 4) is 17.2 Å². The molecule has 174 valence electrons.